The minimum Gasteiger partial charge on any atom is -0.491 e. The highest BCUT2D eigenvalue weighted by atomic mass is 16.5. The van der Waals surface area contributed by atoms with E-state index in [4.69, 9.17) is 9.47 Å². The van der Waals surface area contributed by atoms with E-state index in [1.165, 1.54) is 0 Å². The van der Waals surface area contributed by atoms with Crippen molar-refractivity contribution in [2.24, 2.45) is 0 Å². The highest BCUT2D eigenvalue weighted by Crippen LogP contribution is 2.20. The molecule has 0 fully saturated rings. The van der Waals surface area contributed by atoms with Gasteiger partial charge in [0.1, 0.15) is 12.4 Å². The SMILES string of the molecule is CCOCCOc1c(C)cncc1C. The zero-order valence-corrected chi connectivity index (χ0v) is 9.04. The van der Waals surface area contributed by atoms with E-state index in [2.05, 4.69) is 4.98 Å². The first-order chi connectivity index (χ1) is 6.75. The summed E-state index contributed by atoms with van der Waals surface area (Å²) in [5, 5.41) is 0. The highest BCUT2D eigenvalue weighted by Gasteiger charge is 2.02. The van der Waals surface area contributed by atoms with Crippen molar-refractivity contribution in [3.05, 3.63) is 23.5 Å². The number of nitrogens with zero attached hydrogens (tertiary/aromatic N) is 1. The van der Waals surface area contributed by atoms with Crippen LogP contribution in [-0.4, -0.2) is 24.8 Å². The molecule has 1 rings (SSSR count). The number of aromatic nitrogens is 1. The van der Waals surface area contributed by atoms with E-state index < -0.39 is 0 Å². The van der Waals surface area contributed by atoms with Gasteiger partial charge in [-0.15, -0.1) is 0 Å². The molecule has 0 bridgehead atoms. The molecule has 3 heteroatoms. The molecule has 0 spiro atoms. The van der Waals surface area contributed by atoms with Crippen molar-refractivity contribution >= 4 is 0 Å². The number of hydrogen-bond acceptors (Lipinski definition) is 3. The maximum absolute atomic E-state index is 5.60. The van der Waals surface area contributed by atoms with Crippen LogP contribution in [0, 0.1) is 13.8 Å². The van der Waals surface area contributed by atoms with Crippen molar-refractivity contribution in [3.63, 3.8) is 0 Å². The van der Waals surface area contributed by atoms with Crippen LogP contribution in [0.1, 0.15) is 18.1 Å². The predicted octanol–water partition coefficient (Wildman–Crippen LogP) is 2.11. The van der Waals surface area contributed by atoms with Crippen molar-refractivity contribution < 1.29 is 9.47 Å². The van der Waals surface area contributed by atoms with Crippen molar-refractivity contribution in [1.82, 2.24) is 4.98 Å². The molecular formula is C11H17NO2. The minimum absolute atomic E-state index is 0.597. The maximum atomic E-state index is 5.60. The minimum atomic E-state index is 0.597. The molecule has 0 aliphatic carbocycles. The lowest BCUT2D eigenvalue weighted by Crippen LogP contribution is -2.08. The lowest BCUT2D eigenvalue weighted by molar-refractivity contribution is 0.109. The molecule has 0 atom stereocenters. The Balaban J connectivity index is 2.49. The van der Waals surface area contributed by atoms with E-state index in [0.29, 0.717) is 13.2 Å². The van der Waals surface area contributed by atoms with Crippen LogP contribution in [0.25, 0.3) is 0 Å². The lowest BCUT2D eigenvalue weighted by Gasteiger charge is -2.10. The Morgan fingerprint density at radius 3 is 2.36 bits per heavy atom. The van der Waals surface area contributed by atoms with Gasteiger partial charge in [-0.1, -0.05) is 0 Å². The third kappa shape index (κ3) is 3.00. The normalized spacial score (nSPS) is 10.2. The maximum Gasteiger partial charge on any atom is 0.128 e. The average Bonchev–Trinajstić information content (AvgIpc) is 2.16. The molecule has 1 aromatic heterocycles. The standard InChI is InChI=1S/C11H17NO2/c1-4-13-5-6-14-11-9(2)7-12-8-10(11)3/h7-8H,4-6H2,1-3H3. The lowest BCUT2D eigenvalue weighted by atomic mass is 10.2. The number of aryl methyl sites for hydroxylation is 2. The Labute approximate surface area is 85.1 Å². The summed E-state index contributed by atoms with van der Waals surface area (Å²) in [6, 6.07) is 0. The molecule has 0 unspecified atom stereocenters. The molecule has 0 aliphatic heterocycles. The van der Waals surface area contributed by atoms with Gasteiger partial charge in [0.05, 0.1) is 6.61 Å². The van der Waals surface area contributed by atoms with Gasteiger partial charge in [0, 0.05) is 30.1 Å². The molecule has 1 aromatic rings. The van der Waals surface area contributed by atoms with E-state index in [1.807, 2.05) is 33.2 Å². The third-order valence-corrected chi connectivity index (χ3v) is 1.93. The van der Waals surface area contributed by atoms with Crippen molar-refractivity contribution in [3.8, 4) is 5.75 Å². The first-order valence-corrected chi connectivity index (χ1v) is 4.87. The van der Waals surface area contributed by atoms with Gasteiger partial charge in [-0.3, -0.25) is 4.98 Å². The molecule has 78 valence electrons. The van der Waals surface area contributed by atoms with Crippen molar-refractivity contribution in [2.45, 2.75) is 20.8 Å². The Morgan fingerprint density at radius 1 is 1.14 bits per heavy atom. The quantitative estimate of drug-likeness (QED) is 0.674. The second-order valence-corrected chi connectivity index (χ2v) is 3.15. The Morgan fingerprint density at radius 2 is 1.79 bits per heavy atom. The Kier molecular flexibility index (Phi) is 4.40. The van der Waals surface area contributed by atoms with E-state index in [-0.39, 0.29) is 0 Å². The van der Waals surface area contributed by atoms with E-state index in [1.54, 1.807) is 0 Å². The summed E-state index contributed by atoms with van der Waals surface area (Å²) >= 11 is 0. The van der Waals surface area contributed by atoms with E-state index in [9.17, 15) is 0 Å². The summed E-state index contributed by atoms with van der Waals surface area (Å²) in [6.45, 7) is 7.93. The van der Waals surface area contributed by atoms with Crippen molar-refractivity contribution in [1.29, 1.82) is 0 Å². The summed E-state index contributed by atoms with van der Waals surface area (Å²) in [6.07, 6.45) is 3.62. The van der Waals surface area contributed by atoms with Gasteiger partial charge < -0.3 is 9.47 Å². The van der Waals surface area contributed by atoms with Crippen LogP contribution in [0.5, 0.6) is 5.75 Å². The summed E-state index contributed by atoms with van der Waals surface area (Å²) in [5.41, 5.74) is 2.14. The fourth-order valence-electron chi connectivity index (χ4n) is 1.26. The second-order valence-electron chi connectivity index (χ2n) is 3.15. The first kappa shape index (κ1) is 11.0. The van der Waals surface area contributed by atoms with Gasteiger partial charge in [0.15, 0.2) is 0 Å². The van der Waals surface area contributed by atoms with Crippen LogP contribution in [0.3, 0.4) is 0 Å². The third-order valence-electron chi connectivity index (χ3n) is 1.93. The summed E-state index contributed by atoms with van der Waals surface area (Å²) in [7, 11) is 0. The largest absolute Gasteiger partial charge is 0.491 e. The number of pyridine rings is 1. The van der Waals surface area contributed by atoms with Crippen molar-refractivity contribution in [2.75, 3.05) is 19.8 Å². The van der Waals surface area contributed by atoms with Crippen LogP contribution < -0.4 is 4.74 Å². The molecule has 0 aliphatic rings. The fraction of sp³-hybridized carbons (Fsp3) is 0.545. The van der Waals surface area contributed by atoms with Gasteiger partial charge in [-0.2, -0.15) is 0 Å². The summed E-state index contributed by atoms with van der Waals surface area (Å²) in [4.78, 5) is 4.08. The van der Waals surface area contributed by atoms with Gasteiger partial charge in [-0.05, 0) is 20.8 Å². The average molecular weight is 195 g/mol. The zero-order chi connectivity index (χ0) is 10.4. The molecule has 3 nitrogen and oxygen atoms in total. The fourth-order valence-corrected chi connectivity index (χ4v) is 1.26. The molecular weight excluding hydrogens is 178 g/mol. The molecule has 14 heavy (non-hydrogen) atoms. The van der Waals surface area contributed by atoms with Crippen LogP contribution in [0.4, 0.5) is 0 Å². The predicted molar refractivity (Wildman–Crippen MR) is 55.7 cm³/mol. The highest BCUT2D eigenvalue weighted by molar-refractivity contribution is 5.36. The smallest absolute Gasteiger partial charge is 0.128 e. The Bertz CT molecular complexity index is 266. The van der Waals surface area contributed by atoms with E-state index >= 15 is 0 Å². The first-order valence-electron chi connectivity index (χ1n) is 4.87. The molecule has 0 saturated heterocycles. The van der Waals surface area contributed by atoms with Gasteiger partial charge in [0.25, 0.3) is 0 Å². The topological polar surface area (TPSA) is 31.4 Å². The number of ether oxygens (including phenoxy) is 2. The van der Waals surface area contributed by atoms with Crippen LogP contribution in [-0.2, 0) is 4.74 Å². The monoisotopic (exact) mass is 195 g/mol. The molecule has 0 N–H and O–H groups in total. The van der Waals surface area contributed by atoms with Gasteiger partial charge in [0.2, 0.25) is 0 Å². The van der Waals surface area contributed by atoms with Gasteiger partial charge >= 0.3 is 0 Å². The van der Waals surface area contributed by atoms with Gasteiger partial charge in [-0.25, -0.2) is 0 Å². The summed E-state index contributed by atoms with van der Waals surface area (Å²) < 4.78 is 10.8. The number of hydrogen-bond donors (Lipinski definition) is 0. The molecule has 0 aromatic carbocycles. The second kappa shape index (κ2) is 5.60. The summed E-state index contributed by atoms with van der Waals surface area (Å²) in [5.74, 6) is 0.930. The molecule has 0 saturated carbocycles. The van der Waals surface area contributed by atoms with Crippen LogP contribution in [0.2, 0.25) is 0 Å². The molecule has 0 amide bonds. The molecule has 1 heterocycles. The van der Waals surface area contributed by atoms with E-state index in [0.717, 1.165) is 23.5 Å². The molecule has 0 radical (unpaired) electrons. The Hall–Kier alpha value is -1.09. The van der Waals surface area contributed by atoms with Crippen LogP contribution >= 0.6 is 0 Å². The zero-order valence-electron chi connectivity index (χ0n) is 9.04. The number of rotatable bonds is 5. The van der Waals surface area contributed by atoms with Crippen LogP contribution in [0.15, 0.2) is 12.4 Å².